The lowest BCUT2D eigenvalue weighted by molar-refractivity contribution is -0.130. The van der Waals surface area contributed by atoms with Crippen molar-refractivity contribution in [2.45, 2.75) is 109 Å². The Balaban J connectivity index is 1.23. The summed E-state index contributed by atoms with van der Waals surface area (Å²) in [5, 5.41) is 3.78. The number of nitrogens with zero attached hydrogens (tertiary/aromatic N) is 3. The van der Waals surface area contributed by atoms with Gasteiger partial charge in [-0.05, 0) is 112 Å². The van der Waals surface area contributed by atoms with Gasteiger partial charge in [0, 0.05) is 48.3 Å². The molecule has 276 valence electrons. The molecule has 2 aromatic carbocycles. The molecule has 0 spiro atoms. The van der Waals surface area contributed by atoms with Crippen LogP contribution in [0.4, 0.5) is 4.39 Å². The van der Waals surface area contributed by atoms with E-state index in [2.05, 4.69) is 35.9 Å². The topological polar surface area (TPSA) is 82.2 Å². The maximum absolute atomic E-state index is 15.7. The summed E-state index contributed by atoms with van der Waals surface area (Å²) >= 11 is 6.61. The summed E-state index contributed by atoms with van der Waals surface area (Å²) in [6.07, 6.45) is 8.08. The van der Waals surface area contributed by atoms with E-state index in [0.29, 0.717) is 41.3 Å². The zero-order valence-electron chi connectivity index (χ0n) is 30.7. The van der Waals surface area contributed by atoms with Crippen LogP contribution in [0.1, 0.15) is 88.8 Å². The van der Waals surface area contributed by atoms with Crippen molar-refractivity contribution in [3.63, 3.8) is 0 Å². The van der Waals surface area contributed by atoms with Crippen LogP contribution in [0.15, 0.2) is 36.4 Å². The Morgan fingerprint density at radius 1 is 1.06 bits per heavy atom. The number of rotatable bonds is 13. The van der Waals surface area contributed by atoms with Crippen LogP contribution in [0.2, 0.25) is 5.02 Å². The van der Waals surface area contributed by atoms with Gasteiger partial charge in [0.05, 0.1) is 12.9 Å². The number of hydrogen-bond donors (Lipinski definition) is 1. The minimum absolute atomic E-state index is 0.00731. The Morgan fingerprint density at radius 2 is 1.70 bits per heavy atom. The number of nitrogens with one attached hydrogen (secondary N) is 1. The predicted molar refractivity (Wildman–Crippen MR) is 197 cm³/mol. The van der Waals surface area contributed by atoms with E-state index < -0.39 is 21.9 Å². The molecule has 4 aliphatic carbocycles. The first-order chi connectivity index (χ1) is 23.5. The summed E-state index contributed by atoms with van der Waals surface area (Å²) in [6, 6.07) is 10.5. The number of halogens is 2. The molecule has 0 radical (unpaired) electrons. The number of likely N-dealkylation sites (N-methyl/N-ethyl adjacent to an activating group) is 1. The van der Waals surface area contributed by atoms with Gasteiger partial charge in [-0.25, -0.2) is 12.8 Å². The van der Waals surface area contributed by atoms with Gasteiger partial charge >= 0.3 is 0 Å². The highest BCUT2D eigenvalue weighted by atomic mass is 35.5. The highest BCUT2D eigenvalue weighted by molar-refractivity contribution is 7.89. The molecule has 0 unspecified atom stereocenters. The van der Waals surface area contributed by atoms with Crippen molar-refractivity contribution in [2.75, 3.05) is 33.5 Å². The van der Waals surface area contributed by atoms with Gasteiger partial charge < -0.3 is 15.0 Å². The minimum atomic E-state index is -3.60. The molecule has 1 N–H and O–H groups in total. The van der Waals surface area contributed by atoms with Crippen LogP contribution in [0, 0.1) is 29.0 Å². The Kier molecular flexibility index (Phi) is 11.0. The molecule has 50 heavy (non-hydrogen) atoms. The van der Waals surface area contributed by atoms with Gasteiger partial charge in [0.25, 0.3) is 0 Å². The van der Waals surface area contributed by atoms with E-state index in [0.717, 1.165) is 43.4 Å². The van der Waals surface area contributed by atoms with Crippen LogP contribution in [-0.2, 0) is 34.5 Å². The van der Waals surface area contributed by atoms with Crippen molar-refractivity contribution < 1.29 is 22.3 Å². The number of sulfonamides is 1. The molecule has 0 aromatic heterocycles. The van der Waals surface area contributed by atoms with Crippen molar-refractivity contribution in [2.24, 2.45) is 23.2 Å². The minimum Gasteiger partial charge on any atom is -0.494 e. The van der Waals surface area contributed by atoms with Crippen molar-refractivity contribution in [3.05, 3.63) is 63.9 Å². The largest absolute Gasteiger partial charge is 0.494 e. The third kappa shape index (κ3) is 8.52. The second-order valence-electron chi connectivity index (χ2n) is 17.3. The van der Waals surface area contributed by atoms with Gasteiger partial charge in [-0.3, -0.25) is 9.69 Å². The van der Waals surface area contributed by atoms with Gasteiger partial charge in [-0.15, -0.1) is 0 Å². The van der Waals surface area contributed by atoms with Gasteiger partial charge in [0.2, 0.25) is 15.9 Å². The first-order valence-electron chi connectivity index (χ1n) is 18.3. The van der Waals surface area contributed by atoms with Crippen molar-refractivity contribution in [1.29, 1.82) is 0 Å². The van der Waals surface area contributed by atoms with Gasteiger partial charge in [0.1, 0.15) is 6.04 Å². The summed E-state index contributed by atoms with van der Waals surface area (Å²) in [5.41, 5.74) is 2.02. The Hall–Kier alpha value is -2.24. The molecule has 1 aliphatic heterocycles. The maximum Gasteiger partial charge on any atom is 0.238 e. The molecule has 4 bridgehead atoms. The first-order valence-corrected chi connectivity index (χ1v) is 20.3. The molecule has 5 aliphatic rings. The van der Waals surface area contributed by atoms with Crippen LogP contribution in [-0.4, -0.2) is 79.6 Å². The number of hydrogen-bond acceptors (Lipinski definition) is 6. The standard InChI is InChI=1S/C39H56ClFN4O4S/c1-38(2,3)21-31(24-43(4)5)44(25-32-33(40)10-11-35(49-6)36(32)41)22-26-8-7-9-27(14-26)23-45-34(12-13-50(45,47)48)37(46)42-39-18-28-15-29(19-39)17-30(16-28)20-39/h7-11,14,28-31,34H,12-13,15-25H2,1-6H3,(H,42,46)/t28?,29?,30?,31-,34-,39?/m0/s1. The second kappa shape index (κ2) is 14.6. The van der Waals surface area contributed by atoms with Gasteiger partial charge in [-0.2, -0.15) is 4.31 Å². The molecule has 1 amide bonds. The van der Waals surface area contributed by atoms with E-state index >= 15 is 4.39 Å². The Morgan fingerprint density at radius 3 is 2.30 bits per heavy atom. The molecule has 2 atom stereocenters. The smallest absolute Gasteiger partial charge is 0.238 e. The van der Waals surface area contributed by atoms with E-state index in [1.807, 2.05) is 38.4 Å². The highest BCUT2D eigenvalue weighted by Gasteiger charge is 2.53. The molecule has 4 saturated carbocycles. The van der Waals surface area contributed by atoms with Crippen molar-refractivity contribution >= 4 is 27.5 Å². The number of carbonyl (C=O) groups excluding carboxylic acids is 1. The van der Waals surface area contributed by atoms with Crippen molar-refractivity contribution in [1.82, 2.24) is 19.4 Å². The highest BCUT2D eigenvalue weighted by Crippen LogP contribution is 2.55. The van der Waals surface area contributed by atoms with Crippen LogP contribution < -0.4 is 10.1 Å². The summed E-state index contributed by atoms with van der Waals surface area (Å²) in [5.74, 6) is 1.58. The average Bonchev–Trinajstić information content (AvgIpc) is 3.30. The second-order valence-corrected chi connectivity index (χ2v) is 19.7. The molecular formula is C39H56ClFN4O4S. The summed E-state index contributed by atoms with van der Waals surface area (Å²) in [4.78, 5) is 18.3. The lowest BCUT2D eigenvalue weighted by Crippen LogP contribution is -2.62. The zero-order valence-corrected chi connectivity index (χ0v) is 32.3. The third-order valence-corrected chi connectivity index (χ3v) is 13.7. The monoisotopic (exact) mass is 730 g/mol. The van der Waals surface area contributed by atoms with Crippen LogP contribution in [0.5, 0.6) is 5.75 Å². The Labute approximate surface area is 304 Å². The lowest BCUT2D eigenvalue weighted by atomic mass is 9.53. The first kappa shape index (κ1) is 37.5. The fourth-order valence-electron chi connectivity index (χ4n) is 9.87. The molecule has 1 heterocycles. The number of carbonyl (C=O) groups is 1. The number of amides is 1. The lowest BCUT2D eigenvalue weighted by Gasteiger charge is -2.57. The average molecular weight is 731 g/mol. The van der Waals surface area contributed by atoms with Crippen molar-refractivity contribution in [3.8, 4) is 5.75 Å². The molecule has 5 fully saturated rings. The molecular weight excluding hydrogens is 675 g/mol. The molecule has 7 rings (SSSR count). The quantitative estimate of drug-likeness (QED) is 0.243. The summed E-state index contributed by atoms with van der Waals surface area (Å²) in [6.45, 7) is 8.28. The van der Waals surface area contributed by atoms with Gasteiger partial charge in [-0.1, -0.05) is 56.6 Å². The number of benzene rings is 2. The normalized spacial score (nSPS) is 28.0. The zero-order chi connectivity index (χ0) is 36.0. The summed E-state index contributed by atoms with van der Waals surface area (Å²) < 4.78 is 49.2. The van der Waals surface area contributed by atoms with Crippen LogP contribution in [0.3, 0.4) is 0 Å². The van der Waals surface area contributed by atoms with Gasteiger partial charge in [0.15, 0.2) is 11.6 Å². The summed E-state index contributed by atoms with van der Waals surface area (Å²) in [7, 11) is 1.94. The number of ether oxygens (including phenoxy) is 1. The van der Waals surface area contributed by atoms with E-state index in [1.54, 1.807) is 12.1 Å². The SMILES string of the molecule is COc1ccc(Cl)c(CN(Cc2cccc(CN3[C@H](C(=O)NC45CC6CC(CC(C6)C4)C5)CCS3(=O)=O)c2)[C@H](CN(C)C)CC(C)(C)C)c1F. The van der Waals surface area contributed by atoms with Crippen LogP contribution in [0.25, 0.3) is 0 Å². The van der Waals surface area contributed by atoms with E-state index in [1.165, 1.54) is 30.7 Å². The maximum atomic E-state index is 15.7. The number of methoxy groups -OCH3 is 1. The molecule has 2 aromatic rings. The van der Waals surface area contributed by atoms with Crippen LogP contribution >= 0.6 is 11.6 Å². The molecule has 8 nitrogen and oxygen atoms in total. The predicted octanol–water partition coefficient (Wildman–Crippen LogP) is 6.85. The third-order valence-electron chi connectivity index (χ3n) is 11.5. The molecule has 11 heteroatoms. The van der Waals surface area contributed by atoms with E-state index in [9.17, 15) is 13.2 Å². The van der Waals surface area contributed by atoms with E-state index in [-0.39, 0.29) is 47.5 Å². The fraction of sp³-hybridized carbons (Fsp3) is 0.667. The fourth-order valence-corrected chi connectivity index (χ4v) is 11.8. The molecule has 1 saturated heterocycles. The Bertz CT molecular complexity index is 1630. The van der Waals surface area contributed by atoms with E-state index in [4.69, 9.17) is 16.3 Å².